The summed E-state index contributed by atoms with van der Waals surface area (Å²) in [4.78, 5) is 0. The number of rotatable bonds is 5. The number of methoxy groups -OCH3 is 1. The molecule has 0 aliphatic carbocycles. The van der Waals surface area contributed by atoms with Crippen LogP contribution in [-0.4, -0.2) is 23.5 Å². The largest absolute Gasteiger partial charge is 0.493 e. The second kappa shape index (κ2) is 5.73. The highest BCUT2D eigenvalue weighted by molar-refractivity contribution is 5.46. The van der Waals surface area contributed by atoms with E-state index in [0.717, 1.165) is 0 Å². The first kappa shape index (κ1) is 12.0. The van der Waals surface area contributed by atoms with E-state index in [9.17, 15) is 0 Å². The van der Waals surface area contributed by atoms with Crippen molar-refractivity contribution in [3.63, 3.8) is 0 Å². The molecule has 0 aliphatic heterocycles. The normalized spacial score (nSPS) is 9.78. The first-order chi connectivity index (χ1) is 8.83. The van der Waals surface area contributed by atoms with E-state index in [0.29, 0.717) is 30.2 Å². The molecule has 0 radical (unpaired) electrons. The van der Waals surface area contributed by atoms with Gasteiger partial charge in [-0.15, -0.1) is 0 Å². The molecule has 0 aliphatic rings. The lowest BCUT2D eigenvalue weighted by Gasteiger charge is -2.10. The molecule has 0 N–H and O–H groups in total. The van der Waals surface area contributed by atoms with E-state index >= 15 is 0 Å². The molecule has 1 aromatic heterocycles. The van der Waals surface area contributed by atoms with E-state index in [1.54, 1.807) is 36.2 Å². The van der Waals surface area contributed by atoms with Crippen LogP contribution in [0.4, 0.5) is 0 Å². The monoisotopic (exact) mass is 243 g/mol. The summed E-state index contributed by atoms with van der Waals surface area (Å²) < 4.78 is 12.6. The van der Waals surface area contributed by atoms with Crippen molar-refractivity contribution in [1.29, 1.82) is 5.26 Å². The van der Waals surface area contributed by atoms with Crippen LogP contribution in [0, 0.1) is 11.3 Å². The Morgan fingerprint density at radius 1 is 1.39 bits per heavy atom. The summed E-state index contributed by atoms with van der Waals surface area (Å²) in [5.41, 5.74) is 0.547. The fraction of sp³-hybridized carbons (Fsp3) is 0.231. The van der Waals surface area contributed by atoms with Crippen molar-refractivity contribution in [3.05, 3.63) is 42.2 Å². The molecular weight excluding hydrogens is 230 g/mol. The topological polar surface area (TPSA) is 60.1 Å². The van der Waals surface area contributed by atoms with Crippen LogP contribution in [0.1, 0.15) is 5.56 Å². The van der Waals surface area contributed by atoms with E-state index in [1.165, 1.54) is 0 Å². The zero-order valence-corrected chi connectivity index (χ0v) is 10.0. The third-order valence-electron chi connectivity index (χ3n) is 2.43. The van der Waals surface area contributed by atoms with E-state index in [4.69, 9.17) is 14.7 Å². The van der Waals surface area contributed by atoms with Gasteiger partial charge in [-0.2, -0.15) is 10.4 Å². The Labute approximate surface area is 105 Å². The minimum absolute atomic E-state index is 0.490. The summed E-state index contributed by atoms with van der Waals surface area (Å²) in [5, 5.41) is 12.9. The van der Waals surface area contributed by atoms with E-state index < -0.39 is 0 Å². The third kappa shape index (κ3) is 2.80. The lowest BCUT2D eigenvalue weighted by atomic mass is 10.2. The Morgan fingerprint density at radius 2 is 2.28 bits per heavy atom. The van der Waals surface area contributed by atoms with Crippen LogP contribution in [0.2, 0.25) is 0 Å². The van der Waals surface area contributed by atoms with Gasteiger partial charge in [0.2, 0.25) is 0 Å². The second-order valence-corrected chi connectivity index (χ2v) is 3.60. The first-order valence-corrected chi connectivity index (χ1v) is 5.52. The predicted octanol–water partition coefficient (Wildman–Crippen LogP) is 1.84. The van der Waals surface area contributed by atoms with E-state index in [1.807, 2.05) is 12.3 Å². The maximum atomic E-state index is 8.79. The molecule has 18 heavy (non-hydrogen) atoms. The summed E-state index contributed by atoms with van der Waals surface area (Å²) >= 11 is 0. The molecule has 0 saturated carbocycles. The van der Waals surface area contributed by atoms with Crippen LogP contribution in [0.25, 0.3) is 0 Å². The standard InChI is InChI=1S/C13H13N3O2/c1-17-13-9-11(10-14)3-4-12(13)18-8-7-16-6-2-5-15-16/h2-6,9H,7-8H2,1H3. The SMILES string of the molecule is COc1cc(C#N)ccc1OCCn1cccn1. The molecule has 0 atom stereocenters. The number of nitrogens with zero attached hydrogens (tertiary/aromatic N) is 3. The molecule has 1 aromatic carbocycles. The maximum absolute atomic E-state index is 8.79. The zero-order valence-electron chi connectivity index (χ0n) is 10.0. The Morgan fingerprint density at radius 3 is 2.94 bits per heavy atom. The molecule has 0 fully saturated rings. The molecule has 2 rings (SSSR count). The third-order valence-corrected chi connectivity index (χ3v) is 2.43. The predicted molar refractivity (Wildman–Crippen MR) is 65.4 cm³/mol. The van der Waals surface area contributed by atoms with Crippen molar-refractivity contribution in [2.24, 2.45) is 0 Å². The molecular formula is C13H13N3O2. The van der Waals surface area contributed by atoms with Gasteiger partial charge in [-0.1, -0.05) is 0 Å². The molecule has 5 nitrogen and oxygen atoms in total. The highest BCUT2D eigenvalue weighted by Gasteiger charge is 2.05. The number of nitriles is 1. The van der Waals surface area contributed by atoms with Gasteiger partial charge < -0.3 is 9.47 Å². The summed E-state index contributed by atoms with van der Waals surface area (Å²) in [6.45, 7) is 1.15. The van der Waals surface area contributed by atoms with E-state index in [-0.39, 0.29) is 0 Å². The Kier molecular flexibility index (Phi) is 3.82. The van der Waals surface area contributed by atoms with Crippen LogP contribution in [0.3, 0.4) is 0 Å². The summed E-state index contributed by atoms with van der Waals surface area (Å²) in [6, 6.07) is 9.01. The molecule has 0 saturated heterocycles. The molecule has 2 aromatic rings. The van der Waals surface area contributed by atoms with Gasteiger partial charge in [0.05, 0.1) is 25.3 Å². The molecule has 0 amide bonds. The van der Waals surface area contributed by atoms with Crippen molar-refractivity contribution >= 4 is 0 Å². The number of ether oxygens (including phenoxy) is 2. The first-order valence-electron chi connectivity index (χ1n) is 5.52. The maximum Gasteiger partial charge on any atom is 0.162 e. The minimum Gasteiger partial charge on any atom is -0.493 e. The number of hydrogen-bond acceptors (Lipinski definition) is 4. The average Bonchev–Trinajstić information content (AvgIpc) is 2.92. The fourth-order valence-corrected chi connectivity index (χ4v) is 1.54. The molecule has 5 heteroatoms. The molecule has 0 bridgehead atoms. The van der Waals surface area contributed by atoms with Crippen LogP contribution < -0.4 is 9.47 Å². The number of aromatic nitrogens is 2. The zero-order chi connectivity index (χ0) is 12.8. The Hall–Kier alpha value is -2.48. The van der Waals surface area contributed by atoms with Crippen LogP contribution in [0.15, 0.2) is 36.7 Å². The van der Waals surface area contributed by atoms with Gasteiger partial charge in [-0.25, -0.2) is 0 Å². The minimum atomic E-state index is 0.490. The van der Waals surface area contributed by atoms with Crippen molar-refractivity contribution in [3.8, 4) is 17.6 Å². The van der Waals surface area contributed by atoms with Gasteiger partial charge in [0, 0.05) is 18.5 Å². The lowest BCUT2D eigenvalue weighted by molar-refractivity contribution is 0.274. The molecule has 1 heterocycles. The summed E-state index contributed by atoms with van der Waals surface area (Å²) in [7, 11) is 1.55. The van der Waals surface area contributed by atoms with Crippen LogP contribution in [-0.2, 0) is 6.54 Å². The van der Waals surface area contributed by atoms with Crippen LogP contribution >= 0.6 is 0 Å². The van der Waals surface area contributed by atoms with Crippen molar-refractivity contribution < 1.29 is 9.47 Å². The van der Waals surface area contributed by atoms with Gasteiger partial charge in [0.25, 0.3) is 0 Å². The van der Waals surface area contributed by atoms with Crippen molar-refractivity contribution in [2.75, 3.05) is 13.7 Å². The summed E-state index contributed by atoms with van der Waals surface area (Å²) in [6.07, 6.45) is 3.60. The van der Waals surface area contributed by atoms with Gasteiger partial charge in [-0.05, 0) is 18.2 Å². The fourth-order valence-electron chi connectivity index (χ4n) is 1.54. The molecule has 0 unspecified atom stereocenters. The average molecular weight is 243 g/mol. The van der Waals surface area contributed by atoms with Gasteiger partial charge in [0.15, 0.2) is 11.5 Å². The van der Waals surface area contributed by atoms with Gasteiger partial charge in [0.1, 0.15) is 6.61 Å². The molecule has 0 spiro atoms. The molecule has 92 valence electrons. The summed E-state index contributed by atoms with van der Waals surface area (Å²) in [5.74, 6) is 1.19. The van der Waals surface area contributed by atoms with E-state index in [2.05, 4.69) is 11.2 Å². The second-order valence-electron chi connectivity index (χ2n) is 3.60. The quantitative estimate of drug-likeness (QED) is 0.804. The lowest BCUT2D eigenvalue weighted by Crippen LogP contribution is -2.08. The smallest absolute Gasteiger partial charge is 0.162 e. The van der Waals surface area contributed by atoms with Gasteiger partial charge >= 0.3 is 0 Å². The number of hydrogen-bond donors (Lipinski definition) is 0. The van der Waals surface area contributed by atoms with Crippen LogP contribution in [0.5, 0.6) is 11.5 Å². The number of benzene rings is 1. The Bertz CT molecular complexity index is 544. The van der Waals surface area contributed by atoms with Crippen molar-refractivity contribution in [2.45, 2.75) is 6.54 Å². The highest BCUT2D eigenvalue weighted by Crippen LogP contribution is 2.27. The van der Waals surface area contributed by atoms with Gasteiger partial charge in [-0.3, -0.25) is 4.68 Å². The van der Waals surface area contributed by atoms with Crippen molar-refractivity contribution in [1.82, 2.24) is 9.78 Å². The Balaban J connectivity index is 1.98. The highest BCUT2D eigenvalue weighted by atomic mass is 16.5.